The van der Waals surface area contributed by atoms with Crippen molar-refractivity contribution in [2.45, 2.75) is 54.5 Å². The lowest BCUT2D eigenvalue weighted by Gasteiger charge is -2.21. The van der Waals surface area contributed by atoms with Gasteiger partial charge in [-0.1, -0.05) is 19.3 Å². The largest absolute Gasteiger partial charge is 0.416 e. The fourth-order valence-corrected chi connectivity index (χ4v) is 3.39. The summed E-state index contributed by atoms with van der Waals surface area (Å²) in [5, 5.41) is 12.3. The summed E-state index contributed by atoms with van der Waals surface area (Å²) in [6, 6.07) is 2.19. The van der Waals surface area contributed by atoms with Gasteiger partial charge in [-0.2, -0.15) is 13.2 Å². The molecule has 118 valence electrons. The van der Waals surface area contributed by atoms with Crippen LogP contribution in [-0.2, 0) is 6.18 Å². The van der Waals surface area contributed by atoms with E-state index >= 15 is 0 Å². The summed E-state index contributed by atoms with van der Waals surface area (Å²) >= 11 is 1.06. The minimum absolute atomic E-state index is 0.219. The normalized spacial score (nSPS) is 16.9. The maximum Gasteiger partial charge on any atom is 0.416 e. The molecule has 2 heterocycles. The predicted octanol–water partition coefficient (Wildman–Crippen LogP) is 3.74. The highest BCUT2D eigenvalue weighted by atomic mass is 32.2. The van der Waals surface area contributed by atoms with Crippen LogP contribution in [-0.4, -0.2) is 25.2 Å². The summed E-state index contributed by atoms with van der Waals surface area (Å²) in [4.78, 5) is 3.97. The molecule has 1 aliphatic rings. The molecular weight excluding hydrogens is 315 g/mol. The summed E-state index contributed by atoms with van der Waals surface area (Å²) in [6.07, 6.45) is 2.21. The second-order valence-electron chi connectivity index (χ2n) is 5.18. The predicted molar refractivity (Wildman–Crippen MR) is 73.3 cm³/mol. The first-order valence-corrected chi connectivity index (χ1v) is 7.84. The third-order valence-corrected chi connectivity index (χ3v) is 4.52. The number of hydrogen-bond donors (Lipinski definition) is 0. The number of halogens is 3. The highest BCUT2D eigenvalue weighted by Gasteiger charge is 2.31. The molecule has 0 spiro atoms. The maximum absolute atomic E-state index is 12.7. The molecule has 2 aromatic heterocycles. The number of aromatic nitrogens is 5. The molecule has 5 nitrogen and oxygen atoms in total. The Hall–Kier alpha value is -1.64. The number of tetrazole rings is 1. The minimum atomic E-state index is -4.38. The number of rotatable bonds is 3. The zero-order chi connectivity index (χ0) is 15.6. The van der Waals surface area contributed by atoms with Crippen molar-refractivity contribution in [1.82, 2.24) is 25.2 Å². The van der Waals surface area contributed by atoms with Gasteiger partial charge in [0, 0.05) is 6.20 Å². The third kappa shape index (κ3) is 3.40. The molecule has 2 aromatic rings. The topological polar surface area (TPSA) is 56.5 Å². The molecule has 0 bridgehead atoms. The van der Waals surface area contributed by atoms with Crippen LogP contribution in [0.5, 0.6) is 0 Å². The maximum atomic E-state index is 12.7. The zero-order valence-electron chi connectivity index (χ0n) is 11.6. The van der Waals surface area contributed by atoms with E-state index in [4.69, 9.17) is 0 Å². The molecule has 0 aliphatic heterocycles. The molecule has 1 aliphatic carbocycles. The van der Waals surface area contributed by atoms with Crippen molar-refractivity contribution in [2.24, 2.45) is 0 Å². The summed E-state index contributed by atoms with van der Waals surface area (Å²) < 4.78 is 39.9. The molecular formula is C13H14F3N5S. The van der Waals surface area contributed by atoms with Gasteiger partial charge in [0.25, 0.3) is 0 Å². The van der Waals surface area contributed by atoms with Crippen LogP contribution in [0.2, 0.25) is 0 Å². The number of hydrogen-bond acceptors (Lipinski definition) is 5. The van der Waals surface area contributed by atoms with E-state index in [0.29, 0.717) is 5.16 Å². The fraction of sp³-hybridized carbons (Fsp3) is 0.538. The van der Waals surface area contributed by atoms with Gasteiger partial charge in [-0.05, 0) is 47.2 Å². The van der Waals surface area contributed by atoms with E-state index in [2.05, 4.69) is 20.5 Å². The van der Waals surface area contributed by atoms with Gasteiger partial charge < -0.3 is 0 Å². The Balaban J connectivity index is 1.81. The lowest BCUT2D eigenvalue weighted by molar-refractivity contribution is -0.137. The lowest BCUT2D eigenvalue weighted by atomic mass is 9.96. The van der Waals surface area contributed by atoms with E-state index in [1.807, 2.05) is 0 Å². The third-order valence-electron chi connectivity index (χ3n) is 3.64. The monoisotopic (exact) mass is 329 g/mol. The Morgan fingerprint density at radius 2 is 1.95 bits per heavy atom. The first kappa shape index (κ1) is 15.3. The fourth-order valence-electron chi connectivity index (χ4n) is 2.54. The van der Waals surface area contributed by atoms with Gasteiger partial charge in [0.2, 0.25) is 5.16 Å². The Morgan fingerprint density at radius 1 is 1.18 bits per heavy atom. The summed E-state index contributed by atoms with van der Waals surface area (Å²) in [6.45, 7) is 0. The van der Waals surface area contributed by atoms with Crippen LogP contribution < -0.4 is 0 Å². The molecule has 0 amide bonds. The van der Waals surface area contributed by atoms with Crippen LogP contribution in [0.3, 0.4) is 0 Å². The molecule has 1 fully saturated rings. The van der Waals surface area contributed by atoms with E-state index in [1.165, 1.54) is 6.42 Å². The van der Waals surface area contributed by atoms with Gasteiger partial charge in [-0.3, -0.25) is 0 Å². The SMILES string of the molecule is FC(F)(F)c1ccnc(Sc2nnnn2C2CCCCC2)c1. The minimum Gasteiger partial charge on any atom is -0.249 e. The summed E-state index contributed by atoms with van der Waals surface area (Å²) in [7, 11) is 0. The number of nitrogens with zero attached hydrogens (tertiary/aromatic N) is 5. The van der Waals surface area contributed by atoms with E-state index in [-0.39, 0.29) is 11.1 Å². The van der Waals surface area contributed by atoms with Crippen LogP contribution in [0.4, 0.5) is 13.2 Å². The van der Waals surface area contributed by atoms with Crippen LogP contribution in [0.25, 0.3) is 0 Å². The summed E-state index contributed by atoms with van der Waals surface area (Å²) in [5.74, 6) is 0. The second-order valence-corrected chi connectivity index (χ2v) is 6.17. The van der Waals surface area contributed by atoms with Gasteiger partial charge in [0.15, 0.2) is 0 Å². The van der Waals surface area contributed by atoms with Crippen molar-refractivity contribution in [3.63, 3.8) is 0 Å². The average molecular weight is 329 g/mol. The van der Waals surface area contributed by atoms with Crippen molar-refractivity contribution in [1.29, 1.82) is 0 Å². The van der Waals surface area contributed by atoms with E-state index in [1.54, 1.807) is 4.68 Å². The molecule has 0 aromatic carbocycles. The second kappa shape index (κ2) is 6.23. The van der Waals surface area contributed by atoms with Crippen LogP contribution >= 0.6 is 11.8 Å². The molecule has 0 saturated heterocycles. The molecule has 1 saturated carbocycles. The van der Waals surface area contributed by atoms with Crippen molar-refractivity contribution < 1.29 is 13.2 Å². The van der Waals surface area contributed by atoms with Gasteiger partial charge in [0.1, 0.15) is 5.03 Å². The standard InChI is InChI=1S/C13H14F3N5S/c14-13(15,16)9-6-7-17-11(8-9)22-12-18-19-20-21(12)10-4-2-1-3-5-10/h6-8,10H,1-5H2. The summed E-state index contributed by atoms with van der Waals surface area (Å²) in [5.41, 5.74) is -0.721. The lowest BCUT2D eigenvalue weighted by Crippen LogP contribution is -2.15. The van der Waals surface area contributed by atoms with Gasteiger partial charge >= 0.3 is 6.18 Å². The number of pyridine rings is 1. The first-order chi connectivity index (χ1) is 10.5. The quantitative estimate of drug-likeness (QED) is 0.858. The average Bonchev–Trinajstić information content (AvgIpc) is 2.96. The molecule has 0 radical (unpaired) electrons. The van der Waals surface area contributed by atoms with Crippen molar-refractivity contribution in [3.8, 4) is 0 Å². The Labute approximate surface area is 129 Å². The highest BCUT2D eigenvalue weighted by Crippen LogP contribution is 2.34. The first-order valence-electron chi connectivity index (χ1n) is 7.03. The molecule has 0 N–H and O–H groups in total. The van der Waals surface area contributed by atoms with Gasteiger partial charge in [-0.25, -0.2) is 9.67 Å². The smallest absolute Gasteiger partial charge is 0.249 e. The molecule has 0 unspecified atom stereocenters. The van der Waals surface area contributed by atoms with Crippen LogP contribution in [0.1, 0.15) is 43.7 Å². The van der Waals surface area contributed by atoms with Crippen LogP contribution in [0, 0.1) is 0 Å². The molecule has 3 rings (SSSR count). The Bertz CT molecular complexity index is 637. The van der Waals surface area contributed by atoms with E-state index in [0.717, 1.165) is 55.8 Å². The number of alkyl halides is 3. The molecule has 22 heavy (non-hydrogen) atoms. The van der Waals surface area contributed by atoms with Crippen molar-refractivity contribution in [3.05, 3.63) is 23.9 Å². The van der Waals surface area contributed by atoms with Crippen molar-refractivity contribution >= 4 is 11.8 Å². The van der Waals surface area contributed by atoms with E-state index in [9.17, 15) is 13.2 Å². The highest BCUT2D eigenvalue weighted by molar-refractivity contribution is 7.99. The van der Waals surface area contributed by atoms with E-state index < -0.39 is 11.7 Å². The van der Waals surface area contributed by atoms with Gasteiger partial charge in [-0.15, -0.1) is 5.10 Å². The zero-order valence-corrected chi connectivity index (χ0v) is 12.4. The molecule has 9 heteroatoms. The van der Waals surface area contributed by atoms with Gasteiger partial charge in [0.05, 0.1) is 11.6 Å². The molecule has 0 atom stereocenters. The van der Waals surface area contributed by atoms with Crippen molar-refractivity contribution in [2.75, 3.05) is 0 Å². The van der Waals surface area contributed by atoms with Crippen LogP contribution in [0.15, 0.2) is 28.5 Å². The Morgan fingerprint density at radius 3 is 2.68 bits per heavy atom. The Kier molecular flexibility index (Phi) is 4.32.